The molecular formula is C16H22N2O2S. The van der Waals surface area contributed by atoms with Gasteiger partial charge in [-0.3, -0.25) is 4.98 Å². The Labute approximate surface area is 126 Å². The molecule has 0 spiro atoms. The molecule has 2 aromatic rings. The molecule has 4 nitrogen and oxygen atoms in total. The van der Waals surface area contributed by atoms with Gasteiger partial charge in [0.2, 0.25) is 0 Å². The van der Waals surface area contributed by atoms with Crippen molar-refractivity contribution in [3.63, 3.8) is 0 Å². The predicted octanol–water partition coefficient (Wildman–Crippen LogP) is 2.71. The Balaban J connectivity index is 2.08. The lowest BCUT2D eigenvalue weighted by Gasteiger charge is -2.16. The maximum Gasteiger partial charge on any atom is 0.150 e. The van der Waals surface area contributed by atoms with Crippen LogP contribution in [0.3, 0.4) is 0 Å². The summed E-state index contributed by atoms with van der Waals surface area (Å²) >= 11 is 0. The number of nitrogens with one attached hydrogen (secondary N) is 1. The number of hydrogen-bond donors (Lipinski definition) is 1. The van der Waals surface area contributed by atoms with E-state index in [1.807, 2.05) is 37.4 Å². The van der Waals surface area contributed by atoms with Crippen LogP contribution in [0.4, 0.5) is 0 Å². The highest BCUT2D eigenvalue weighted by atomic mass is 32.2. The second-order valence-electron chi connectivity index (χ2n) is 5.15. The molecule has 21 heavy (non-hydrogen) atoms. The standard InChI is InChI=1S/C16H22N2O2S/c1-3-21(19,20)12-6-9-15(17-2)16-11-10-13-7-4-5-8-14(13)18-16/h4-5,7-8,10-11,15,17H,3,6,9,12H2,1-2H3. The molecule has 5 heteroatoms. The average Bonchev–Trinajstić information content (AvgIpc) is 2.51. The van der Waals surface area contributed by atoms with Crippen molar-refractivity contribution in [3.8, 4) is 0 Å². The molecule has 114 valence electrons. The summed E-state index contributed by atoms with van der Waals surface area (Å²) in [4.78, 5) is 4.67. The maximum absolute atomic E-state index is 11.5. The summed E-state index contributed by atoms with van der Waals surface area (Å²) in [5.74, 6) is 0.459. The van der Waals surface area contributed by atoms with E-state index in [4.69, 9.17) is 0 Å². The number of aromatic nitrogens is 1. The lowest BCUT2D eigenvalue weighted by molar-refractivity contribution is 0.525. The zero-order valence-electron chi connectivity index (χ0n) is 12.5. The van der Waals surface area contributed by atoms with Crippen molar-refractivity contribution in [2.75, 3.05) is 18.6 Å². The smallest absolute Gasteiger partial charge is 0.150 e. The van der Waals surface area contributed by atoms with Gasteiger partial charge in [-0.1, -0.05) is 31.2 Å². The van der Waals surface area contributed by atoms with E-state index in [0.29, 0.717) is 6.42 Å². The molecule has 0 saturated carbocycles. The van der Waals surface area contributed by atoms with Crippen molar-refractivity contribution in [1.29, 1.82) is 0 Å². The van der Waals surface area contributed by atoms with Crippen LogP contribution in [0.25, 0.3) is 10.9 Å². The minimum Gasteiger partial charge on any atom is -0.312 e. The first kappa shape index (κ1) is 15.9. The number of hydrogen-bond acceptors (Lipinski definition) is 4. The van der Waals surface area contributed by atoms with Crippen LogP contribution in [0, 0.1) is 0 Å². The Morgan fingerprint density at radius 2 is 1.95 bits per heavy atom. The number of sulfone groups is 1. The molecule has 1 atom stereocenters. The Hall–Kier alpha value is -1.46. The first-order valence-electron chi connectivity index (χ1n) is 7.29. The molecule has 0 aliphatic rings. The molecule has 0 amide bonds. The second kappa shape index (κ2) is 7.00. The van der Waals surface area contributed by atoms with Crippen LogP contribution in [0.2, 0.25) is 0 Å². The Kier molecular flexibility index (Phi) is 5.31. The van der Waals surface area contributed by atoms with Gasteiger partial charge in [0.15, 0.2) is 0 Å². The van der Waals surface area contributed by atoms with Gasteiger partial charge >= 0.3 is 0 Å². The molecule has 0 saturated heterocycles. The SMILES string of the molecule is CCS(=O)(=O)CCCC(NC)c1ccc2ccccc2n1. The summed E-state index contributed by atoms with van der Waals surface area (Å²) in [7, 11) is -1.00. The largest absolute Gasteiger partial charge is 0.312 e. The molecule has 0 aliphatic carbocycles. The van der Waals surface area contributed by atoms with Gasteiger partial charge < -0.3 is 5.32 Å². The van der Waals surface area contributed by atoms with E-state index in [0.717, 1.165) is 23.0 Å². The van der Waals surface area contributed by atoms with Gasteiger partial charge in [0, 0.05) is 17.2 Å². The Morgan fingerprint density at radius 3 is 2.67 bits per heavy atom. The molecule has 0 bridgehead atoms. The van der Waals surface area contributed by atoms with E-state index in [1.165, 1.54) is 0 Å². The van der Waals surface area contributed by atoms with Crippen molar-refractivity contribution in [3.05, 3.63) is 42.1 Å². The van der Waals surface area contributed by atoms with Gasteiger partial charge in [-0.2, -0.15) is 0 Å². The number of pyridine rings is 1. The fourth-order valence-corrected chi connectivity index (χ4v) is 3.26. The highest BCUT2D eigenvalue weighted by Gasteiger charge is 2.13. The van der Waals surface area contributed by atoms with E-state index in [9.17, 15) is 8.42 Å². The van der Waals surface area contributed by atoms with Crippen LogP contribution in [0.15, 0.2) is 36.4 Å². The monoisotopic (exact) mass is 306 g/mol. The first-order chi connectivity index (χ1) is 10.1. The molecular weight excluding hydrogens is 284 g/mol. The van der Waals surface area contributed by atoms with E-state index in [-0.39, 0.29) is 17.5 Å². The predicted molar refractivity (Wildman–Crippen MR) is 87.1 cm³/mol. The summed E-state index contributed by atoms with van der Waals surface area (Å²) in [5, 5.41) is 4.35. The van der Waals surface area contributed by atoms with Crippen molar-refractivity contribution < 1.29 is 8.42 Å². The third-order valence-corrected chi connectivity index (χ3v) is 5.50. The van der Waals surface area contributed by atoms with Crippen molar-refractivity contribution in [2.24, 2.45) is 0 Å². The molecule has 0 aliphatic heterocycles. The van der Waals surface area contributed by atoms with Crippen LogP contribution < -0.4 is 5.32 Å². The summed E-state index contributed by atoms with van der Waals surface area (Å²) in [6.45, 7) is 1.69. The van der Waals surface area contributed by atoms with Gasteiger partial charge in [0.05, 0.1) is 17.0 Å². The lowest BCUT2D eigenvalue weighted by atomic mass is 10.1. The van der Waals surface area contributed by atoms with Crippen LogP contribution in [0.5, 0.6) is 0 Å². The Bertz CT molecular complexity index is 698. The summed E-state index contributed by atoms with van der Waals surface area (Å²) < 4.78 is 23.1. The van der Waals surface area contributed by atoms with E-state index < -0.39 is 9.84 Å². The highest BCUT2D eigenvalue weighted by Crippen LogP contribution is 2.20. The van der Waals surface area contributed by atoms with Crippen molar-refractivity contribution >= 4 is 20.7 Å². The van der Waals surface area contributed by atoms with Crippen LogP contribution in [0.1, 0.15) is 31.5 Å². The minimum atomic E-state index is -2.89. The quantitative estimate of drug-likeness (QED) is 0.854. The number of benzene rings is 1. The molecule has 1 aromatic heterocycles. The summed E-state index contributed by atoms with van der Waals surface area (Å²) in [5.41, 5.74) is 1.93. The van der Waals surface area contributed by atoms with E-state index in [2.05, 4.69) is 16.4 Å². The lowest BCUT2D eigenvalue weighted by Crippen LogP contribution is -2.19. The minimum absolute atomic E-state index is 0.0849. The second-order valence-corrected chi connectivity index (χ2v) is 7.62. The normalized spacial score (nSPS) is 13.4. The van der Waals surface area contributed by atoms with Crippen LogP contribution in [-0.4, -0.2) is 32.0 Å². The molecule has 1 unspecified atom stereocenters. The topological polar surface area (TPSA) is 59.1 Å². The molecule has 1 N–H and O–H groups in total. The highest BCUT2D eigenvalue weighted by molar-refractivity contribution is 7.91. The Morgan fingerprint density at radius 1 is 1.19 bits per heavy atom. The average molecular weight is 306 g/mol. The van der Waals surface area contributed by atoms with E-state index in [1.54, 1.807) is 6.92 Å². The number of para-hydroxylation sites is 1. The molecule has 0 radical (unpaired) electrons. The van der Waals surface area contributed by atoms with Gasteiger partial charge in [-0.25, -0.2) is 8.42 Å². The summed E-state index contributed by atoms with van der Waals surface area (Å²) in [6.07, 6.45) is 1.41. The zero-order valence-corrected chi connectivity index (χ0v) is 13.4. The molecule has 2 rings (SSSR count). The molecule has 1 aromatic carbocycles. The van der Waals surface area contributed by atoms with Gasteiger partial charge in [-0.05, 0) is 32.0 Å². The number of nitrogens with zero attached hydrogens (tertiary/aromatic N) is 1. The van der Waals surface area contributed by atoms with E-state index >= 15 is 0 Å². The maximum atomic E-state index is 11.5. The fourth-order valence-electron chi connectivity index (χ4n) is 2.37. The molecule has 1 heterocycles. The number of fused-ring (bicyclic) bond motifs is 1. The molecule has 0 fully saturated rings. The third kappa shape index (κ3) is 4.25. The van der Waals surface area contributed by atoms with Gasteiger partial charge in [0.1, 0.15) is 9.84 Å². The third-order valence-electron chi connectivity index (χ3n) is 3.71. The first-order valence-corrected chi connectivity index (χ1v) is 9.11. The fraction of sp³-hybridized carbons (Fsp3) is 0.438. The van der Waals surface area contributed by atoms with Gasteiger partial charge in [-0.15, -0.1) is 0 Å². The summed E-state index contributed by atoms with van der Waals surface area (Å²) in [6, 6.07) is 12.2. The van der Waals surface area contributed by atoms with Gasteiger partial charge in [0.25, 0.3) is 0 Å². The van der Waals surface area contributed by atoms with Crippen LogP contribution in [-0.2, 0) is 9.84 Å². The van der Waals surface area contributed by atoms with Crippen molar-refractivity contribution in [2.45, 2.75) is 25.8 Å². The van der Waals surface area contributed by atoms with Crippen LogP contribution >= 0.6 is 0 Å². The van der Waals surface area contributed by atoms with Crippen molar-refractivity contribution in [1.82, 2.24) is 10.3 Å². The zero-order chi connectivity index (χ0) is 15.3. The number of rotatable bonds is 7.